The molecule has 88 valence electrons. The lowest BCUT2D eigenvalue weighted by atomic mass is 10.1. The molecule has 0 saturated carbocycles. The molecule has 1 unspecified atom stereocenters. The number of urea groups is 1. The first-order valence-corrected chi connectivity index (χ1v) is 4.69. The van der Waals surface area contributed by atoms with Gasteiger partial charge in [-0.15, -0.1) is 0 Å². The van der Waals surface area contributed by atoms with Crippen molar-refractivity contribution in [2.24, 2.45) is 5.73 Å². The molecular weight excluding hydrogens is 198 g/mol. The molecule has 0 spiro atoms. The van der Waals surface area contributed by atoms with Gasteiger partial charge < -0.3 is 15.8 Å². The van der Waals surface area contributed by atoms with E-state index in [1.54, 1.807) is 20.8 Å². The molecule has 0 rings (SSSR count). The van der Waals surface area contributed by atoms with Crippen molar-refractivity contribution >= 4 is 11.9 Å². The smallest absolute Gasteiger partial charge is 0.321 e. The van der Waals surface area contributed by atoms with Crippen LogP contribution in [0, 0.1) is 0 Å². The Hall–Kier alpha value is -1.14. The topological polar surface area (TPSA) is 93.5 Å². The second-order valence-corrected chi connectivity index (χ2v) is 4.01. The van der Waals surface area contributed by atoms with Crippen LogP contribution in [0.3, 0.4) is 0 Å². The first kappa shape index (κ1) is 13.9. The van der Waals surface area contributed by atoms with Crippen LogP contribution in [-0.2, 0) is 9.53 Å². The number of rotatable bonds is 4. The summed E-state index contributed by atoms with van der Waals surface area (Å²) in [7, 11) is 1.43. The Kier molecular flexibility index (Phi) is 5.24. The fourth-order valence-corrected chi connectivity index (χ4v) is 0.691. The third-order valence-corrected chi connectivity index (χ3v) is 1.54. The lowest BCUT2D eigenvalue weighted by Gasteiger charge is -2.21. The van der Waals surface area contributed by atoms with Gasteiger partial charge in [-0.25, -0.2) is 4.79 Å². The quantitative estimate of drug-likeness (QED) is 0.596. The fourth-order valence-electron chi connectivity index (χ4n) is 0.691. The van der Waals surface area contributed by atoms with Gasteiger partial charge >= 0.3 is 6.03 Å². The lowest BCUT2D eigenvalue weighted by Crippen LogP contribution is -2.45. The number of hydrogen-bond donors (Lipinski definition) is 3. The van der Waals surface area contributed by atoms with Crippen LogP contribution in [0.5, 0.6) is 0 Å². The first-order valence-electron chi connectivity index (χ1n) is 4.69. The Balaban J connectivity index is 3.95. The molecule has 0 aliphatic rings. The molecule has 0 aliphatic heterocycles. The second kappa shape index (κ2) is 5.67. The molecule has 6 nitrogen and oxygen atoms in total. The van der Waals surface area contributed by atoms with E-state index in [4.69, 9.17) is 10.5 Å². The van der Waals surface area contributed by atoms with Gasteiger partial charge in [-0.1, -0.05) is 0 Å². The van der Waals surface area contributed by atoms with Crippen LogP contribution < -0.4 is 16.4 Å². The van der Waals surface area contributed by atoms with E-state index < -0.39 is 23.6 Å². The highest BCUT2D eigenvalue weighted by Gasteiger charge is 2.19. The molecule has 15 heavy (non-hydrogen) atoms. The standard InChI is InChI=1S/C9H19N3O3/c1-6(15-5-9(2,3)10)7(13)12-8(14)11-4/h6H,5,10H2,1-4H3,(H2,11,12,13,14). The van der Waals surface area contributed by atoms with Gasteiger partial charge in [0.15, 0.2) is 0 Å². The zero-order chi connectivity index (χ0) is 12.1. The van der Waals surface area contributed by atoms with E-state index >= 15 is 0 Å². The average molecular weight is 217 g/mol. The summed E-state index contributed by atoms with van der Waals surface area (Å²) in [5.74, 6) is -0.487. The highest BCUT2D eigenvalue weighted by Crippen LogP contribution is 2.00. The van der Waals surface area contributed by atoms with Gasteiger partial charge in [0.05, 0.1) is 6.61 Å². The molecule has 0 bridgehead atoms. The van der Waals surface area contributed by atoms with Crippen LogP contribution in [0.1, 0.15) is 20.8 Å². The van der Waals surface area contributed by atoms with Gasteiger partial charge in [0.2, 0.25) is 0 Å². The van der Waals surface area contributed by atoms with Gasteiger partial charge in [-0.3, -0.25) is 10.1 Å². The van der Waals surface area contributed by atoms with E-state index in [0.717, 1.165) is 0 Å². The van der Waals surface area contributed by atoms with E-state index in [1.807, 2.05) is 0 Å². The molecule has 6 heteroatoms. The van der Waals surface area contributed by atoms with Crippen molar-refractivity contribution in [3.63, 3.8) is 0 Å². The number of imide groups is 1. The van der Waals surface area contributed by atoms with Crippen LogP contribution >= 0.6 is 0 Å². The molecular formula is C9H19N3O3. The summed E-state index contributed by atoms with van der Waals surface area (Å²) < 4.78 is 5.20. The van der Waals surface area contributed by atoms with Crippen molar-refractivity contribution in [1.29, 1.82) is 0 Å². The minimum Gasteiger partial charge on any atom is -0.367 e. The summed E-state index contributed by atoms with van der Waals surface area (Å²) in [5.41, 5.74) is 5.18. The highest BCUT2D eigenvalue weighted by molar-refractivity contribution is 5.96. The first-order chi connectivity index (χ1) is 6.76. The second-order valence-electron chi connectivity index (χ2n) is 4.01. The van der Waals surface area contributed by atoms with Crippen molar-refractivity contribution in [3.8, 4) is 0 Å². The van der Waals surface area contributed by atoms with Gasteiger partial charge in [-0.05, 0) is 20.8 Å². The van der Waals surface area contributed by atoms with Crippen LogP contribution in [0.25, 0.3) is 0 Å². The van der Waals surface area contributed by atoms with Crippen molar-refractivity contribution in [1.82, 2.24) is 10.6 Å². The van der Waals surface area contributed by atoms with Gasteiger partial charge in [0, 0.05) is 12.6 Å². The zero-order valence-corrected chi connectivity index (χ0v) is 9.59. The number of nitrogens with one attached hydrogen (secondary N) is 2. The van der Waals surface area contributed by atoms with E-state index in [1.165, 1.54) is 7.05 Å². The van der Waals surface area contributed by atoms with Crippen LogP contribution in [0.2, 0.25) is 0 Å². The third kappa shape index (κ3) is 6.87. The molecule has 0 heterocycles. The molecule has 0 saturated heterocycles. The maximum absolute atomic E-state index is 11.3. The Bertz CT molecular complexity index is 235. The normalized spacial score (nSPS) is 13.1. The molecule has 3 amide bonds. The van der Waals surface area contributed by atoms with Crippen LogP contribution in [-0.4, -0.2) is 37.2 Å². The van der Waals surface area contributed by atoms with E-state index in [9.17, 15) is 9.59 Å². The largest absolute Gasteiger partial charge is 0.367 e. The molecule has 4 N–H and O–H groups in total. The Morgan fingerprint density at radius 2 is 2.00 bits per heavy atom. The number of nitrogens with two attached hydrogens (primary N) is 1. The maximum Gasteiger partial charge on any atom is 0.321 e. The lowest BCUT2D eigenvalue weighted by molar-refractivity contribution is -0.131. The number of ether oxygens (including phenoxy) is 1. The molecule has 1 atom stereocenters. The Morgan fingerprint density at radius 3 is 2.40 bits per heavy atom. The highest BCUT2D eigenvalue weighted by atomic mass is 16.5. The van der Waals surface area contributed by atoms with Gasteiger partial charge in [-0.2, -0.15) is 0 Å². The Labute approximate surface area is 89.5 Å². The van der Waals surface area contributed by atoms with E-state index in [2.05, 4.69) is 10.6 Å². The number of carbonyl (C=O) groups excluding carboxylic acids is 2. The zero-order valence-electron chi connectivity index (χ0n) is 9.59. The van der Waals surface area contributed by atoms with Crippen molar-refractivity contribution in [2.45, 2.75) is 32.4 Å². The maximum atomic E-state index is 11.3. The van der Waals surface area contributed by atoms with Crippen LogP contribution in [0.15, 0.2) is 0 Å². The van der Waals surface area contributed by atoms with E-state index in [0.29, 0.717) is 0 Å². The summed E-state index contributed by atoms with van der Waals surface area (Å²) in [4.78, 5) is 22.1. The average Bonchev–Trinajstić information content (AvgIpc) is 2.12. The predicted octanol–water partition coefficient (Wildman–Crippen LogP) is -0.416. The fraction of sp³-hybridized carbons (Fsp3) is 0.778. The van der Waals surface area contributed by atoms with Crippen molar-refractivity contribution in [3.05, 3.63) is 0 Å². The summed E-state index contributed by atoms with van der Waals surface area (Å²) in [6, 6.07) is -0.553. The number of hydrogen-bond acceptors (Lipinski definition) is 4. The van der Waals surface area contributed by atoms with Crippen molar-refractivity contribution < 1.29 is 14.3 Å². The number of amides is 3. The minimum atomic E-state index is -0.704. The summed E-state index contributed by atoms with van der Waals surface area (Å²) in [5, 5.41) is 4.38. The molecule has 0 fully saturated rings. The van der Waals surface area contributed by atoms with Crippen LogP contribution in [0.4, 0.5) is 4.79 Å². The predicted molar refractivity (Wildman–Crippen MR) is 56.3 cm³/mol. The third-order valence-electron chi connectivity index (χ3n) is 1.54. The molecule has 0 aliphatic carbocycles. The summed E-state index contributed by atoms with van der Waals surface area (Å²) in [6.45, 7) is 5.38. The molecule has 0 aromatic rings. The monoisotopic (exact) mass is 217 g/mol. The summed E-state index contributed by atoms with van der Waals surface area (Å²) >= 11 is 0. The number of carbonyl (C=O) groups is 2. The molecule has 0 aromatic carbocycles. The SMILES string of the molecule is CNC(=O)NC(=O)C(C)OCC(C)(C)N. The summed E-state index contributed by atoms with van der Waals surface area (Å²) in [6.07, 6.45) is -0.704. The van der Waals surface area contributed by atoms with Gasteiger partial charge in [0.1, 0.15) is 6.10 Å². The van der Waals surface area contributed by atoms with E-state index in [-0.39, 0.29) is 6.61 Å². The molecule has 0 radical (unpaired) electrons. The Morgan fingerprint density at radius 1 is 1.47 bits per heavy atom. The van der Waals surface area contributed by atoms with Crippen molar-refractivity contribution in [2.75, 3.05) is 13.7 Å². The van der Waals surface area contributed by atoms with Gasteiger partial charge in [0.25, 0.3) is 5.91 Å². The minimum absolute atomic E-state index is 0.245. The molecule has 0 aromatic heterocycles.